The van der Waals surface area contributed by atoms with Crippen molar-refractivity contribution in [2.75, 3.05) is 23.3 Å². The van der Waals surface area contributed by atoms with Gasteiger partial charge < -0.3 is 15.0 Å². The van der Waals surface area contributed by atoms with E-state index in [1.54, 1.807) is 11.0 Å². The van der Waals surface area contributed by atoms with E-state index in [0.29, 0.717) is 35.6 Å². The van der Waals surface area contributed by atoms with Gasteiger partial charge in [0.25, 0.3) is 0 Å². The fourth-order valence-electron chi connectivity index (χ4n) is 4.83. The van der Waals surface area contributed by atoms with E-state index >= 15 is 0 Å². The number of aryl methyl sites for hydroxylation is 1. The summed E-state index contributed by atoms with van der Waals surface area (Å²) in [5.41, 5.74) is 0.978. The molecule has 2 bridgehead atoms. The molecular weight excluding hydrogens is 445 g/mol. The SMILES string of the molecule is Cc1cc(N2C[C@H]3CC[C@@H](C2)[C@H]3Nc2nc(Oc3ccc(F)c(Cl)c3)n(C(C)C)n2)ncn1. The van der Waals surface area contributed by atoms with Crippen molar-refractivity contribution in [2.45, 2.75) is 45.7 Å². The lowest BCUT2D eigenvalue weighted by Crippen LogP contribution is -2.48. The molecule has 1 aliphatic carbocycles. The minimum atomic E-state index is -0.490. The average Bonchev–Trinajstić information content (AvgIpc) is 3.27. The van der Waals surface area contributed by atoms with Gasteiger partial charge in [-0.2, -0.15) is 4.98 Å². The molecule has 1 aliphatic heterocycles. The fraction of sp³-hybridized carbons (Fsp3) is 0.478. The first-order chi connectivity index (χ1) is 15.9. The molecule has 1 N–H and O–H groups in total. The minimum Gasteiger partial charge on any atom is -0.424 e. The van der Waals surface area contributed by atoms with Crippen LogP contribution in [0.3, 0.4) is 0 Å². The number of aromatic nitrogens is 5. The van der Waals surface area contributed by atoms with Crippen LogP contribution in [-0.4, -0.2) is 43.9 Å². The van der Waals surface area contributed by atoms with Gasteiger partial charge >= 0.3 is 6.01 Å². The summed E-state index contributed by atoms with van der Waals surface area (Å²) in [5, 5.41) is 8.24. The van der Waals surface area contributed by atoms with Crippen LogP contribution in [0, 0.1) is 24.6 Å². The first-order valence-electron chi connectivity index (χ1n) is 11.3. The lowest BCUT2D eigenvalue weighted by molar-refractivity contribution is 0.373. The maximum atomic E-state index is 13.5. The zero-order chi connectivity index (χ0) is 23.1. The van der Waals surface area contributed by atoms with Crippen LogP contribution in [-0.2, 0) is 0 Å². The highest BCUT2D eigenvalue weighted by atomic mass is 35.5. The van der Waals surface area contributed by atoms with E-state index in [1.807, 2.05) is 26.8 Å². The van der Waals surface area contributed by atoms with Crippen LogP contribution in [0.5, 0.6) is 11.8 Å². The molecule has 10 heteroatoms. The molecule has 5 rings (SSSR count). The van der Waals surface area contributed by atoms with Crippen LogP contribution in [0.4, 0.5) is 16.2 Å². The molecule has 3 heterocycles. The molecular formula is C23H27ClFN7O. The van der Waals surface area contributed by atoms with Gasteiger partial charge in [0.1, 0.15) is 23.7 Å². The molecule has 8 nitrogen and oxygen atoms in total. The van der Waals surface area contributed by atoms with Crippen molar-refractivity contribution < 1.29 is 9.13 Å². The summed E-state index contributed by atoms with van der Waals surface area (Å²) in [6.07, 6.45) is 3.95. The summed E-state index contributed by atoms with van der Waals surface area (Å²) in [4.78, 5) is 15.7. The number of benzene rings is 1. The smallest absolute Gasteiger partial charge is 0.322 e. The highest BCUT2D eigenvalue weighted by Crippen LogP contribution is 2.40. The van der Waals surface area contributed by atoms with Crippen LogP contribution in [0.2, 0.25) is 5.02 Å². The van der Waals surface area contributed by atoms with Gasteiger partial charge in [-0.05, 0) is 57.6 Å². The van der Waals surface area contributed by atoms with E-state index in [4.69, 9.17) is 16.3 Å². The lowest BCUT2D eigenvalue weighted by Gasteiger charge is -2.38. The third-order valence-corrected chi connectivity index (χ3v) is 6.72. The monoisotopic (exact) mass is 471 g/mol. The molecule has 1 saturated carbocycles. The van der Waals surface area contributed by atoms with Crippen LogP contribution in [0.15, 0.2) is 30.6 Å². The third-order valence-electron chi connectivity index (χ3n) is 6.43. The van der Waals surface area contributed by atoms with E-state index in [1.165, 1.54) is 18.2 Å². The topological polar surface area (TPSA) is 81.0 Å². The number of halogens is 2. The number of nitrogens with zero attached hydrogens (tertiary/aromatic N) is 6. The number of hydrogen-bond donors (Lipinski definition) is 1. The summed E-state index contributed by atoms with van der Waals surface area (Å²) in [6.45, 7) is 7.88. The third kappa shape index (κ3) is 4.46. The molecule has 0 amide bonds. The molecule has 3 atom stereocenters. The van der Waals surface area contributed by atoms with E-state index < -0.39 is 5.82 Å². The molecule has 1 aromatic carbocycles. The van der Waals surface area contributed by atoms with Crippen LogP contribution >= 0.6 is 11.6 Å². The summed E-state index contributed by atoms with van der Waals surface area (Å²) >= 11 is 5.90. The standard InChI is InChI=1S/C23H27ClFN7O/c1-13(2)32-23(33-17-6-7-19(25)18(24)9-17)29-22(30-32)28-21-15-4-5-16(21)11-31(10-15)20-8-14(3)26-12-27-20/h6-9,12-13,15-16,21H,4-5,10-11H2,1-3H3,(H,28,30)/t15-,16+,21+. The van der Waals surface area contributed by atoms with Crippen molar-refractivity contribution in [3.63, 3.8) is 0 Å². The van der Waals surface area contributed by atoms with Crippen molar-refractivity contribution in [3.8, 4) is 11.8 Å². The second-order valence-corrected chi connectivity index (χ2v) is 9.53. The molecule has 2 aliphatic rings. The average molecular weight is 472 g/mol. The van der Waals surface area contributed by atoms with Gasteiger partial charge in [-0.15, -0.1) is 5.10 Å². The summed E-state index contributed by atoms with van der Waals surface area (Å²) in [5.74, 6) is 2.41. The Balaban J connectivity index is 1.32. The Bertz CT molecular complexity index is 1140. The van der Waals surface area contributed by atoms with Gasteiger partial charge in [-0.1, -0.05) is 11.6 Å². The number of anilines is 2. The second kappa shape index (κ2) is 8.78. The quantitative estimate of drug-likeness (QED) is 0.549. The number of fused-ring (bicyclic) bond motifs is 2. The first-order valence-corrected chi connectivity index (χ1v) is 11.6. The molecule has 0 radical (unpaired) electrons. The number of hydrogen-bond acceptors (Lipinski definition) is 7. The maximum absolute atomic E-state index is 13.5. The predicted molar refractivity (Wildman–Crippen MR) is 124 cm³/mol. The normalized spacial score (nSPS) is 22.1. The molecule has 2 fully saturated rings. The highest BCUT2D eigenvalue weighted by molar-refractivity contribution is 6.30. The van der Waals surface area contributed by atoms with Gasteiger partial charge in [0, 0.05) is 37.0 Å². The lowest BCUT2D eigenvalue weighted by atomic mass is 9.92. The predicted octanol–water partition coefficient (Wildman–Crippen LogP) is 4.87. The molecule has 174 valence electrons. The Hall–Kier alpha value is -2.94. The van der Waals surface area contributed by atoms with E-state index in [0.717, 1.165) is 37.4 Å². The van der Waals surface area contributed by atoms with Crippen molar-refractivity contribution in [1.29, 1.82) is 0 Å². The molecule has 1 saturated heterocycles. The maximum Gasteiger partial charge on any atom is 0.322 e. The van der Waals surface area contributed by atoms with Gasteiger partial charge in [-0.3, -0.25) is 0 Å². The largest absolute Gasteiger partial charge is 0.424 e. The Kier molecular flexibility index (Phi) is 5.82. The molecule has 33 heavy (non-hydrogen) atoms. The van der Waals surface area contributed by atoms with Crippen LogP contribution in [0.1, 0.15) is 38.4 Å². The van der Waals surface area contributed by atoms with Gasteiger partial charge in [-0.25, -0.2) is 19.0 Å². The fourth-order valence-corrected chi connectivity index (χ4v) is 5.00. The van der Waals surface area contributed by atoms with E-state index in [2.05, 4.69) is 30.3 Å². The minimum absolute atomic E-state index is 0.00340. The first kappa shape index (κ1) is 21.9. The summed E-state index contributed by atoms with van der Waals surface area (Å²) in [7, 11) is 0. The Labute approximate surface area is 197 Å². The Morgan fingerprint density at radius 1 is 1.15 bits per heavy atom. The number of nitrogens with one attached hydrogen (secondary N) is 1. The summed E-state index contributed by atoms with van der Waals surface area (Å²) in [6, 6.07) is 6.96. The van der Waals surface area contributed by atoms with Crippen LogP contribution in [0.25, 0.3) is 0 Å². The number of ether oxygens (including phenoxy) is 1. The van der Waals surface area contributed by atoms with Crippen molar-refractivity contribution in [3.05, 3.63) is 47.1 Å². The number of piperidine rings is 1. The van der Waals surface area contributed by atoms with E-state index in [-0.39, 0.29) is 11.1 Å². The Morgan fingerprint density at radius 2 is 1.91 bits per heavy atom. The zero-order valence-corrected chi connectivity index (χ0v) is 19.6. The molecule has 0 spiro atoms. The van der Waals surface area contributed by atoms with Gasteiger partial charge in [0.15, 0.2) is 0 Å². The second-order valence-electron chi connectivity index (χ2n) is 9.12. The van der Waals surface area contributed by atoms with Gasteiger partial charge in [0.05, 0.1) is 11.1 Å². The van der Waals surface area contributed by atoms with Crippen LogP contribution < -0.4 is 15.0 Å². The van der Waals surface area contributed by atoms with Crippen molar-refractivity contribution >= 4 is 23.4 Å². The molecule has 3 aromatic rings. The highest BCUT2D eigenvalue weighted by Gasteiger charge is 2.43. The summed E-state index contributed by atoms with van der Waals surface area (Å²) < 4.78 is 21.1. The number of rotatable bonds is 6. The van der Waals surface area contributed by atoms with E-state index in [9.17, 15) is 4.39 Å². The van der Waals surface area contributed by atoms with Crippen molar-refractivity contribution in [1.82, 2.24) is 24.7 Å². The zero-order valence-electron chi connectivity index (χ0n) is 18.9. The molecule has 2 aromatic heterocycles. The Morgan fingerprint density at radius 3 is 2.58 bits per heavy atom. The van der Waals surface area contributed by atoms with Crippen molar-refractivity contribution in [2.24, 2.45) is 11.8 Å². The van der Waals surface area contributed by atoms with Gasteiger partial charge in [0.2, 0.25) is 5.95 Å². The molecule has 0 unspecified atom stereocenters.